The molecule has 94 valence electrons. The molecule has 1 aromatic rings. The molecule has 0 saturated heterocycles. The van der Waals surface area contributed by atoms with Gasteiger partial charge in [0.05, 0.1) is 0 Å². The molecule has 1 fully saturated rings. The summed E-state index contributed by atoms with van der Waals surface area (Å²) >= 11 is 0. The average Bonchev–Trinajstić information content (AvgIpc) is 2.28. The van der Waals surface area contributed by atoms with Gasteiger partial charge in [0.2, 0.25) is 0 Å². The summed E-state index contributed by atoms with van der Waals surface area (Å²) in [7, 11) is 0. The maximum atomic E-state index is 5.94. The van der Waals surface area contributed by atoms with Gasteiger partial charge in [-0.3, -0.25) is 0 Å². The fourth-order valence-corrected chi connectivity index (χ4v) is 2.45. The molecule has 17 heavy (non-hydrogen) atoms. The molecular formula is C13H22N4. The van der Waals surface area contributed by atoms with Crippen molar-refractivity contribution in [2.75, 3.05) is 11.1 Å². The molecule has 0 spiro atoms. The molecule has 0 bridgehead atoms. The second-order valence-electron chi connectivity index (χ2n) is 4.95. The van der Waals surface area contributed by atoms with Gasteiger partial charge >= 0.3 is 0 Å². The number of nitrogens with zero attached hydrogens (tertiary/aromatic N) is 2. The molecule has 4 heteroatoms. The number of hydrogen-bond acceptors (Lipinski definition) is 4. The van der Waals surface area contributed by atoms with E-state index < -0.39 is 0 Å². The molecule has 1 aliphatic rings. The summed E-state index contributed by atoms with van der Waals surface area (Å²) < 4.78 is 0. The minimum Gasteiger partial charge on any atom is -0.383 e. The van der Waals surface area contributed by atoms with Crippen LogP contribution in [0.25, 0.3) is 0 Å². The lowest BCUT2D eigenvalue weighted by Crippen LogP contribution is -2.44. The number of nitrogens with one attached hydrogen (secondary N) is 1. The van der Waals surface area contributed by atoms with Gasteiger partial charge < -0.3 is 11.1 Å². The first kappa shape index (κ1) is 12.1. The van der Waals surface area contributed by atoms with E-state index in [0.29, 0.717) is 5.82 Å². The lowest BCUT2D eigenvalue weighted by atomic mass is 9.75. The van der Waals surface area contributed by atoms with Crippen LogP contribution in [0.3, 0.4) is 0 Å². The Morgan fingerprint density at radius 2 is 2.12 bits per heavy atom. The van der Waals surface area contributed by atoms with Crippen molar-refractivity contribution in [3.05, 3.63) is 11.9 Å². The molecule has 0 radical (unpaired) electrons. The summed E-state index contributed by atoms with van der Waals surface area (Å²) in [5.41, 5.74) is 7.27. The zero-order valence-electron chi connectivity index (χ0n) is 10.8. The zero-order chi connectivity index (χ0) is 12.3. The highest BCUT2D eigenvalue weighted by Gasteiger charge is 2.35. The second kappa shape index (κ2) is 4.90. The first-order valence-corrected chi connectivity index (χ1v) is 6.58. The van der Waals surface area contributed by atoms with Gasteiger partial charge in [-0.15, -0.1) is 0 Å². The summed E-state index contributed by atoms with van der Waals surface area (Å²) in [6, 6.07) is 0. The minimum atomic E-state index is 0.253. The molecule has 1 heterocycles. The molecule has 1 aliphatic carbocycles. The summed E-state index contributed by atoms with van der Waals surface area (Å²) in [5.74, 6) is 1.57. The molecular weight excluding hydrogens is 212 g/mol. The van der Waals surface area contributed by atoms with E-state index in [-0.39, 0.29) is 5.54 Å². The normalized spacial score (nSPS) is 17.5. The SMILES string of the molecule is CCCc1c(N)ncnc1NC1(CC)CCC1. The van der Waals surface area contributed by atoms with Gasteiger partial charge in [-0.25, -0.2) is 9.97 Å². The zero-order valence-corrected chi connectivity index (χ0v) is 10.8. The third-order valence-electron chi connectivity index (χ3n) is 3.85. The van der Waals surface area contributed by atoms with Crippen molar-refractivity contribution < 1.29 is 0 Å². The van der Waals surface area contributed by atoms with Crippen molar-refractivity contribution in [2.24, 2.45) is 0 Å². The van der Waals surface area contributed by atoms with E-state index in [0.717, 1.165) is 30.6 Å². The Labute approximate surface area is 103 Å². The van der Waals surface area contributed by atoms with Crippen molar-refractivity contribution >= 4 is 11.6 Å². The molecule has 1 aromatic heterocycles. The molecule has 0 aliphatic heterocycles. The molecule has 1 saturated carbocycles. The lowest BCUT2D eigenvalue weighted by Gasteiger charge is -2.42. The molecule has 0 atom stereocenters. The first-order chi connectivity index (χ1) is 8.21. The highest BCUT2D eigenvalue weighted by Crippen LogP contribution is 2.38. The van der Waals surface area contributed by atoms with E-state index in [1.54, 1.807) is 6.33 Å². The Kier molecular flexibility index (Phi) is 3.50. The number of aromatic nitrogens is 2. The van der Waals surface area contributed by atoms with Gasteiger partial charge in [0, 0.05) is 11.1 Å². The summed E-state index contributed by atoms with van der Waals surface area (Å²) in [4.78, 5) is 8.46. The van der Waals surface area contributed by atoms with Gasteiger partial charge in [-0.2, -0.15) is 0 Å². The van der Waals surface area contributed by atoms with E-state index >= 15 is 0 Å². The van der Waals surface area contributed by atoms with Crippen LogP contribution in [0.2, 0.25) is 0 Å². The van der Waals surface area contributed by atoms with E-state index in [2.05, 4.69) is 29.1 Å². The molecule has 0 aromatic carbocycles. The Bertz CT molecular complexity index is 379. The van der Waals surface area contributed by atoms with Crippen molar-refractivity contribution in [2.45, 2.75) is 57.9 Å². The first-order valence-electron chi connectivity index (χ1n) is 6.58. The minimum absolute atomic E-state index is 0.253. The standard InChI is InChI=1S/C13H22N4/c1-3-6-10-11(14)15-9-16-12(10)17-13(4-2)7-5-8-13/h9H,3-8H2,1-2H3,(H3,14,15,16,17). The molecule has 3 N–H and O–H groups in total. The highest BCUT2D eigenvalue weighted by molar-refractivity contribution is 5.56. The third-order valence-corrected chi connectivity index (χ3v) is 3.85. The Morgan fingerprint density at radius 1 is 1.35 bits per heavy atom. The third kappa shape index (κ3) is 2.35. The van der Waals surface area contributed by atoms with Crippen molar-refractivity contribution in [1.82, 2.24) is 9.97 Å². The van der Waals surface area contributed by atoms with Crippen LogP contribution in [0.4, 0.5) is 11.6 Å². The van der Waals surface area contributed by atoms with Gasteiger partial charge in [-0.1, -0.05) is 20.3 Å². The molecule has 4 nitrogen and oxygen atoms in total. The number of nitrogen functional groups attached to an aromatic ring is 1. The van der Waals surface area contributed by atoms with Gasteiger partial charge in [0.1, 0.15) is 18.0 Å². The number of hydrogen-bond donors (Lipinski definition) is 2. The Hall–Kier alpha value is -1.32. The summed E-state index contributed by atoms with van der Waals surface area (Å²) in [5, 5.41) is 3.60. The van der Waals surface area contributed by atoms with Crippen molar-refractivity contribution in [3.8, 4) is 0 Å². The van der Waals surface area contributed by atoms with Gasteiger partial charge in [0.25, 0.3) is 0 Å². The van der Waals surface area contributed by atoms with Gasteiger partial charge in [-0.05, 0) is 32.1 Å². The van der Waals surface area contributed by atoms with Crippen LogP contribution >= 0.6 is 0 Å². The van der Waals surface area contributed by atoms with Crippen molar-refractivity contribution in [3.63, 3.8) is 0 Å². The fourth-order valence-electron chi connectivity index (χ4n) is 2.45. The lowest BCUT2D eigenvalue weighted by molar-refractivity contribution is 0.268. The maximum absolute atomic E-state index is 5.94. The number of rotatable bonds is 5. The van der Waals surface area contributed by atoms with Crippen LogP contribution in [0.5, 0.6) is 0 Å². The summed E-state index contributed by atoms with van der Waals surface area (Å²) in [6.45, 7) is 4.38. The van der Waals surface area contributed by atoms with Crippen LogP contribution in [-0.2, 0) is 6.42 Å². The van der Waals surface area contributed by atoms with E-state index in [1.807, 2.05) is 0 Å². The molecule has 2 rings (SSSR count). The Balaban J connectivity index is 2.22. The second-order valence-corrected chi connectivity index (χ2v) is 4.95. The largest absolute Gasteiger partial charge is 0.383 e. The Morgan fingerprint density at radius 3 is 2.65 bits per heavy atom. The predicted octanol–water partition coefficient (Wildman–Crippen LogP) is 2.76. The van der Waals surface area contributed by atoms with Crippen molar-refractivity contribution in [1.29, 1.82) is 0 Å². The average molecular weight is 234 g/mol. The topological polar surface area (TPSA) is 63.8 Å². The smallest absolute Gasteiger partial charge is 0.135 e. The monoisotopic (exact) mass is 234 g/mol. The molecule has 0 amide bonds. The maximum Gasteiger partial charge on any atom is 0.135 e. The van der Waals surface area contributed by atoms with Crippen LogP contribution < -0.4 is 11.1 Å². The van der Waals surface area contributed by atoms with E-state index in [1.165, 1.54) is 19.3 Å². The highest BCUT2D eigenvalue weighted by atomic mass is 15.1. The predicted molar refractivity (Wildman–Crippen MR) is 70.9 cm³/mol. The van der Waals surface area contributed by atoms with Crippen LogP contribution in [0.1, 0.15) is 51.5 Å². The van der Waals surface area contributed by atoms with E-state index in [4.69, 9.17) is 5.73 Å². The fraction of sp³-hybridized carbons (Fsp3) is 0.692. The van der Waals surface area contributed by atoms with Crippen LogP contribution in [0.15, 0.2) is 6.33 Å². The summed E-state index contributed by atoms with van der Waals surface area (Å²) in [6.07, 6.45) is 8.48. The molecule has 0 unspecified atom stereocenters. The van der Waals surface area contributed by atoms with E-state index in [9.17, 15) is 0 Å². The number of anilines is 2. The van der Waals surface area contributed by atoms with Crippen LogP contribution in [0, 0.1) is 0 Å². The number of nitrogens with two attached hydrogens (primary N) is 1. The van der Waals surface area contributed by atoms with Crippen LogP contribution in [-0.4, -0.2) is 15.5 Å². The van der Waals surface area contributed by atoms with Gasteiger partial charge in [0.15, 0.2) is 0 Å². The quantitative estimate of drug-likeness (QED) is 0.822.